The molecule has 0 unspecified atom stereocenters. The molecule has 0 N–H and O–H groups in total. The Kier molecular flexibility index (Phi) is 7.25. The van der Waals surface area contributed by atoms with Crippen LogP contribution in [0.2, 0.25) is 0 Å². The van der Waals surface area contributed by atoms with E-state index in [2.05, 4.69) is 36.0 Å². The molecule has 6 nitrogen and oxygen atoms in total. The lowest BCUT2D eigenvalue weighted by Gasteiger charge is -2.36. The Morgan fingerprint density at radius 3 is 2.59 bits per heavy atom. The van der Waals surface area contributed by atoms with Gasteiger partial charge < -0.3 is 4.74 Å². The van der Waals surface area contributed by atoms with Gasteiger partial charge in [0.15, 0.2) is 11.0 Å². The van der Waals surface area contributed by atoms with Gasteiger partial charge in [0.05, 0.1) is 5.75 Å². The van der Waals surface area contributed by atoms with Crippen LogP contribution in [0.15, 0.2) is 60.0 Å². The number of rotatable bonds is 7. The minimum Gasteiger partial charge on any atom is -0.461 e. The maximum Gasteiger partial charge on any atom is 0.316 e. The molecule has 0 spiro atoms. The van der Waals surface area contributed by atoms with Crippen molar-refractivity contribution in [3.63, 3.8) is 0 Å². The maximum absolute atomic E-state index is 12.8. The first-order chi connectivity index (χ1) is 15.5. The lowest BCUT2D eigenvalue weighted by atomic mass is 9.75. The summed E-state index contributed by atoms with van der Waals surface area (Å²) in [4.78, 5) is 16.9. The molecule has 32 heavy (non-hydrogen) atoms. The molecular formula is C25H30N4O2S. The van der Waals surface area contributed by atoms with Gasteiger partial charge >= 0.3 is 5.97 Å². The van der Waals surface area contributed by atoms with Crippen LogP contribution in [0.4, 0.5) is 0 Å². The van der Waals surface area contributed by atoms with Crippen LogP contribution in [-0.4, -0.2) is 37.6 Å². The third-order valence-corrected chi connectivity index (χ3v) is 7.05. The van der Waals surface area contributed by atoms with Crippen LogP contribution < -0.4 is 0 Å². The van der Waals surface area contributed by atoms with E-state index in [0.29, 0.717) is 22.9 Å². The summed E-state index contributed by atoms with van der Waals surface area (Å²) in [6.07, 6.45) is 6.77. The molecule has 0 radical (unpaired) electrons. The summed E-state index contributed by atoms with van der Waals surface area (Å²) in [7, 11) is 0. The van der Waals surface area contributed by atoms with E-state index in [1.54, 1.807) is 12.4 Å². The molecule has 1 aliphatic rings. The van der Waals surface area contributed by atoms with E-state index in [1.807, 2.05) is 47.0 Å². The number of thioether (sulfide) groups is 1. The number of nitrogens with zero attached hydrogens (tertiary/aromatic N) is 4. The number of ether oxygens (including phenoxy) is 1. The largest absolute Gasteiger partial charge is 0.461 e. The number of hydrogen-bond donors (Lipinski definition) is 0. The van der Waals surface area contributed by atoms with Crippen molar-refractivity contribution < 1.29 is 9.53 Å². The number of hydrogen-bond acceptors (Lipinski definition) is 6. The SMILES string of the molecule is CC(C)[C@H]1CC[C@H](C)C[C@H]1OC(=O)CSc1nnc(-c2ccncc2)n1-c1ccccc1. The Balaban J connectivity index is 1.51. The quantitative estimate of drug-likeness (QED) is 0.353. The molecule has 1 aromatic carbocycles. The Morgan fingerprint density at radius 1 is 1.12 bits per heavy atom. The topological polar surface area (TPSA) is 69.9 Å². The molecule has 2 aromatic heterocycles. The van der Waals surface area contributed by atoms with Crippen molar-refractivity contribution in [3.05, 3.63) is 54.9 Å². The number of aromatic nitrogens is 4. The van der Waals surface area contributed by atoms with Gasteiger partial charge in [-0.1, -0.05) is 57.2 Å². The first kappa shape index (κ1) is 22.5. The van der Waals surface area contributed by atoms with Crippen molar-refractivity contribution in [1.29, 1.82) is 0 Å². The Labute approximate surface area is 193 Å². The molecular weight excluding hydrogens is 420 g/mol. The fourth-order valence-electron chi connectivity index (χ4n) is 4.44. The molecule has 3 aromatic rings. The minimum atomic E-state index is -0.187. The van der Waals surface area contributed by atoms with E-state index in [1.165, 1.54) is 18.2 Å². The average molecular weight is 451 g/mol. The first-order valence-electron chi connectivity index (χ1n) is 11.3. The van der Waals surface area contributed by atoms with Crippen LogP contribution in [0.5, 0.6) is 0 Å². The van der Waals surface area contributed by atoms with E-state index in [-0.39, 0.29) is 17.8 Å². The van der Waals surface area contributed by atoms with Gasteiger partial charge in [0.25, 0.3) is 0 Å². The van der Waals surface area contributed by atoms with Crippen molar-refractivity contribution in [2.24, 2.45) is 17.8 Å². The van der Waals surface area contributed by atoms with Crippen molar-refractivity contribution in [3.8, 4) is 17.1 Å². The van der Waals surface area contributed by atoms with Crippen LogP contribution >= 0.6 is 11.8 Å². The highest BCUT2D eigenvalue weighted by molar-refractivity contribution is 7.99. The standard InChI is InChI=1S/C25H30N4O2S/c1-17(2)21-10-9-18(3)15-22(21)31-23(30)16-32-25-28-27-24(19-11-13-26-14-12-19)29(25)20-7-5-4-6-8-20/h4-8,11-14,17-18,21-22H,9-10,15-16H2,1-3H3/t18-,21+,22+/m0/s1. The van der Waals surface area contributed by atoms with Crippen molar-refractivity contribution in [2.45, 2.75) is 51.3 Å². The molecule has 4 rings (SSSR count). The number of carbonyl (C=O) groups excluding carboxylic acids is 1. The lowest BCUT2D eigenvalue weighted by Crippen LogP contribution is -2.36. The van der Waals surface area contributed by atoms with Crippen LogP contribution in [-0.2, 0) is 9.53 Å². The average Bonchev–Trinajstić information content (AvgIpc) is 3.23. The molecule has 0 saturated heterocycles. The fourth-order valence-corrected chi connectivity index (χ4v) is 5.17. The Hall–Kier alpha value is -2.67. The van der Waals surface area contributed by atoms with Gasteiger partial charge in [0.2, 0.25) is 0 Å². The van der Waals surface area contributed by atoms with Crippen molar-refractivity contribution in [2.75, 3.05) is 5.75 Å². The van der Waals surface area contributed by atoms with Crippen LogP contribution in [0.3, 0.4) is 0 Å². The number of esters is 1. The predicted molar refractivity (Wildman–Crippen MR) is 127 cm³/mol. The van der Waals surface area contributed by atoms with Gasteiger partial charge in [-0.2, -0.15) is 0 Å². The van der Waals surface area contributed by atoms with Gasteiger partial charge in [-0.25, -0.2) is 0 Å². The monoisotopic (exact) mass is 450 g/mol. The zero-order valence-corrected chi connectivity index (χ0v) is 19.7. The fraction of sp³-hybridized carbons (Fsp3) is 0.440. The second-order valence-corrected chi connectivity index (χ2v) is 9.80. The Bertz CT molecular complexity index is 1020. The van der Waals surface area contributed by atoms with Gasteiger partial charge in [0.1, 0.15) is 6.10 Å². The molecule has 1 fully saturated rings. The molecule has 0 bridgehead atoms. The van der Waals surface area contributed by atoms with E-state index < -0.39 is 0 Å². The first-order valence-corrected chi connectivity index (χ1v) is 12.2. The van der Waals surface area contributed by atoms with Crippen LogP contribution in [0, 0.1) is 17.8 Å². The van der Waals surface area contributed by atoms with E-state index in [4.69, 9.17) is 4.74 Å². The second-order valence-electron chi connectivity index (χ2n) is 8.86. The molecule has 1 saturated carbocycles. The Morgan fingerprint density at radius 2 is 1.88 bits per heavy atom. The second kappa shape index (κ2) is 10.3. The summed E-state index contributed by atoms with van der Waals surface area (Å²) in [6, 6.07) is 13.8. The van der Waals surface area contributed by atoms with Gasteiger partial charge in [0, 0.05) is 23.6 Å². The lowest BCUT2D eigenvalue weighted by molar-refractivity contribution is -0.152. The van der Waals surface area contributed by atoms with Gasteiger partial charge in [-0.05, 0) is 54.9 Å². The highest BCUT2D eigenvalue weighted by atomic mass is 32.2. The smallest absolute Gasteiger partial charge is 0.316 e. The maximum atomic E-state index is 12.8. The number of para-hydroxylation sites is 1. The third-order valence-electron chi connectivity index (χ3n) is 6.15. The number of pyridine rings is 1. The number of carbonyl (C=O) groups is 1. The van der Waals surface area contributed by atoms with E-state index in [0.717, 1.165) is 29.9 Å². The summed E-state index contributed by atoms with van der Waals surface area (Å²) in [5.74, 6) is 2.28. The number of benzene rings is 1. The summed E-state index contributed by atoms with van der Waals surface area (Å²) in [5, 5.41) is 9.47. The molecule has 168 valence electrons. The minimum absolute atomic E-state index is 0.00576. The summed E-state index contributed by atoms with van der Waals surface area (Å²) in [5.41, 5.74) is 1.86. The zero-order chi connectivity index (χ0) is 22.5. The predicted octanol–water partition coefficient (Wildman–Crippen LogP) is 5.43. The van der Waals surface area contributed by atoms with Gasteiger partial charge in [-0.15, -0.1) is 10.2 Å². The molecule has 7 heteroatoms. The van der Waals surface area contributed by atoms with Crippen molar-refractivity contribution in [1.82, 2.24) is 19.7 Å². The molecule has 1 aliphatic carbocycles. The summed E-state index contributed by atoms with van der Waals surface area (Å²) < 4.78 is 7.95. The molecule has 2 heterocycles. The molecule has 0 amide bonds. The zero-order valence-electron chi connectivity index (χ0n) is 18.8. The van der Waals surface area contributed by atoms with Crippen LogP contribution in [0.1, 0.15) is 40.0 Å². The van der Waals surface area contributed by atoms with Gasteiger partial charge in [-0.3, -0.25) is 14.3 Å². The highest BCUT2D eigenvalue weighted by Gasteiger charge is 2.33. The van der Waals surface area contributed by atoms with E-state index >= 15 is 0 Å². The third kappa shape index (κ3) is 5.21. The molecule has 3 atom stereocenters. The van der Waals surface area contributed by atoms with Crippen molar-refractivity contribution >= 4 is 17.7 Å². The van der Waals surface area contributed by atoms with E-state index in [9.17, 15) is 4.79 Å². The highest BCUT2D eigenvalue weighted by Crippen LogP contribution is 2.36. The molecule has 0 aliphatic heterocycles. The summed E-state index contributed by atoms with van der Waals surface area (Å²) in [6.45, 7) is 6.69. The van der Waals surface area contributed by atoms with Crippen LogP contribution in [0.25, 0.3) is 17.1 Å². The normalized spacial score (nSPS) is 20.9. The summed E-state index contributed by atoms with van der Waals surface area (Å²) >= 11 is 1.36.